The maximum absolute atomic E-state index is 12.6. The minimum absolute atomic E-state index is 0.142. The number of hydrogen-bond donors (Lipinski definition) is 1. The number of likely N-dealkylation sites (N-methyl/N-ethyl adjacent to an activating group) is 1. The molecule has 1 aliphatic rings. The van der Waals surface area contributed by atoms with E-state index in [0.717, 1.165) is 5.56 Å². The quantitative estimate of drug-likeness (QED) is 0.888. The van der Waals surface area contributed by atoms with Crippen molar-refractivity contribution < 1.29 is 22.7 Å². The Morgan fingerprint density at radius 3 is 2.62 bits per heavy atom. The molecule has 1 fully saturated rings. The Balaban J connectivity index is 1.84. The van der Waals surface area contributed by atoms with Crippen LogP contribution in [0.15, 0.2) is 30.3 Å². The number of likely N-dealkylation sites (tertiary alicyclic amines) is 1. The minimum Gasteiger partial charge on any atom is -0.445 e. The number of nitrogens with one attached hydrogen (secondary N) is 1. The van der Waals surface area contributed by atoms with Gasteiger partial charge in [-0.1, -0.05) is 37.3 Å². The summed E-state index contributed by atoms with van der Waals surface area (Å²) < 4.78 is 43.1. The summed E-state index contributed by atoms with van der Waals surface area (Å²) >= 11 is 0. The van der Waals surface area contributed by atoms with Crippen molar-refractivity contribution in [3.63, 3.8) is 0 Å². The van der Waals surface area contributed by atoms with Gasteiger partial charge in [-0.2, -0.15) is 13.2 Å². The highest BCUT2D eigenvalue weighted by molar-refractivity contribution is 5.67. The Bertz CT molecular complexity index is 522. The summed E-state index contributed by atoms with van der Waals surface area (Å²) in [5.74, 6) is -0.502. The Kier molecular flexibility index (Phi) is 6.48. The molecule has 1 heterocycles. The van der Waals surface area contributed by atoms with Crippen LogP contribution in [0.3, 0.4) is 0 Å². The number of nitrogens with zero attached hydrogens (tertiary/aromatic N) is 1. The van der Waals surface area contributed by atoms with E-state index >= 15 is 0 Å². The Labute approximate surface area is 140 Å². The van der Waals surface area contributed by atoms with Gasteiger partial charge in [0, 0.05) is 25.6 Å². The number of carbonyl (C=O) groups excluding carboxylic acids is 1. The molecule has 0 spiro atoms. The molecule has 2 rings (SSSR count). The fourth-order valence-electron chi connectivity index (χ4n) is 3.07. The highest BCUT2D eigenvalue weighted by atomic mass is 19.4. The smallest absolute Gasteiger partial charge is 0.407 e. The second kappa shape index (κ2) is 8.37. The summed E-state index contributed by atoms with van der Waals surface area (Å²) in [6.07, 6.45) is -5.27. The van der Waals surface area contributed by atoms with Gasteiger partial charge in [-0.05, 0) is 24.4 Å². The SMILES string of the molecule is CCN1CC(CC(F)(F)F)CC(NC(=O)OCc2ccccc2)C1. The lowest BCUT2D eigenvalue weighted by Gasteiger charge is -2.37. The molecule has 2 unspecified atom stereocenters. The van der Waals surface area contributed by atoms with E-state index in [1.54, 1.807) is 0 Å². The first-order valence-corrected chi connectivity index (χ1v) is 8.12. The van der Waals surface area contributed by atoms with Gasteiger partial charge in [-0.25, -0.2) is 4.79 Å². The molecule has 24 heavy (non-hydrogen) atoms. The molecule has 134 valence electrons. The normalized spacial score (nSPS) is 22.2. The minimum atomic E-state index is -4.18. The molecule has 1 aliphatic heterocycles. The predicted octanol–water partition coefficient (Wildman–Crippen LogP) is 3.58. The van der Waals surface area contributed by atoms with Crippen molar-refractivity contribution in [1.82, 2.24) is 10.2 Å². The van der Waals surface area contributed by atoms with Crippen molar-refractivity contribution >= 4 is 6.09 Å². The number of piperidine rings is 1. The fraction of sp³-hybridized carbons (Fsp3) is 0.588. The molecule has 1 saturated heterocycles. The third-order valence-corrected chi connectivity index (χ3v) is 4.11. The standard InChI is InChI=1S/C17H23F3N2O2/c1-2-22-10-14(9-17(18,19)20)8-15(11-22)21-16(23)24-12-13-6-4-3-5-7-13/h3-7,14-15H,2,8-12H2,1H3,(H,21,23). The molecule has 0 saturated carbocycles. The van der Waals surface area contributed by atoms with Gasteiger partial charge in [0.25, 0.3) is 0 Å². The number of alkyl carbamates (subject to hydrolysis) is 1. The van der Waals surface area contributed by atoms with Crippen molar-refractivity contribution in [2.75, 3.05) is 19.6 Å². The van der Waals surface area contributed by atoms with Gasteiger partial charge in [-0.15, -0.1) is 0 Å². The molecule has 0 aliphatic carbocycles. The van der Waals surface area contributed by atoms with E-state index in [1.165, 1.54) is 0 Å². The van der Waals surface area contributed by atoms with Gasteiger partial charge in [0.1, 0.15) is 6.61 Å². The van der Waals surface area contributed by atoms with Crippen molar-refractivity contribution in [3.8, 4) is 0 Å². The predicted molar refractivity (Wildman–Crippen MR) is 84.4 cm³/mol. The van der Waals surface area contributed by atoms with E-state index in [-0.39, 0.29) is 12.6 Å². The van der Waals surface area contributed by atoms with Crippen LogP contribution in [0.25, 0.3) is 0 Å². The average Bonchev–Trinajstić information content (AvgIpc) is 2.52. The van der Waals surface area contributed by atoms with E-state index in [4.69, 9.17) is 4.74 Å². The third-order valence-electron chi connectivity index (χ3n) is 4.11. The van der Waals surface area contributed by atoms with Gasteiger partial charge in [0.15, 0.2) is 0 Å². The first-order valence-electron chi connectivity index (χ1n) is 8.12. The lowest BCUT2D eigenvalue weighted by molar-refractivity contribution is -0.148. The summed E-state index contributed by atoms with van der Waals surface area (Å²) in [6, 6.07) is 8.91. The van der Waals surface area contributed by atoms with Crippen LogP contribution in [-0.2, 0) is 11.3 Å². The lowest BCUT2D eigenvalue weighted by Crippen LogP contribution is -2.51. The van der Waals surface area contributed by atoms with Gasteiger partial charge in [-0.3, -0.25) is 0 Å². The van der Waals surface area contributed by atoms with Crippen LogP contribution in [0.4, 0.5) is 18.0 Å². The molecule has 0 aromatic heterocycles. The van der Waals surface area contributed by atoms with Crippen LogP contribution in [0.5, 0.6) is 0 Å². The number of carbonyl (C=O) groups is 1. The summed E-state index contributed by atoms with van der Waals surface area (Å²) in [6.45, 7) is 3.66. The van der Waals surface area contributed by atoms with Gasteiger partial charge < -0.3 is 15.0 Å². The van der Waals surface area contributed by atoms with E-state index in [0.29, 0.717) is 26.1 Å². The maximum Gasteiger partial charge on any atom is 0.407 e. The number of amides is 1. The highest BCUT2D eigenvalue weighted by Crippen LogP contribution is 2.30. The average molecular weight is 344 g/mol. The molecule has 2 atom stereocenters. The van der Waals surface area contributed by atoms with Crippen LogP contribution in [0, 0.1) is 5.92 Å². The fourth-order valence-corrected chi connectivity index (χ4v) is 3.07. The topological polar surface area (TPSA) is 41.6 Å². The number of rotatable bonds is 5. The zero-order valence-corrected chi connectivity index (χ0v) is 13.7. The largest absolute Gasteiger partial charge is 0.445 e. The van der Waals surface area contributed by atoms with E-state index < -0.39 is 24.6 Å². The summed E-state index contributed by atoms with van der Waals surface area (Å²) in [4.78, 5) is 13.8. The van der Waals surface area contributed by atoms with Gasteiger partial charge >= 0.3 is 12.3 Å². The van der Waals surface area contributed by atoms with E-state index in [2.05, 4.69) is 5.32 Å². The molecular formula is C17H23F3N2O2. The zero-order valence-electron chi connectivity index (χ0n) is 13.7. The highest BCUT2D eigenvalue weighted by Gasteiger charge is 2.36. The molecule has 0 radical (unpaired) electrons. The molecule has 1 aromatic rings. The monoisotopic (exact) mass is 344 g/mol. The summed E-state index contributed by atoms with van der Waals surface area (Å²) in [7, 11) is 0. The van der Waals surface area contributed by atoms with Crippen LogP contribution in [0.2, 0.25) is 0 Å². The third kappa shape index (κ3) is 6.39. The van der Waals surface area contributed by atoms with Crippen molar-refractivity contribution in [2.24, 2.45) is 5.92 Å². The Morgan fingerprint density at radius 1 is 1.29 bits per heavy atom. The molecule has 7 heteroatoms. The second-order valence-corrected chi connectivity index (χ2v) is 6.18. The van der Waals surface area contributed by atoms with Crippen LogP contribution < -0.4 is 5.32 Å². The lowest BCUT2D eigenvalue weighted by atomic mass is 9.91. The van der Waals surface area contributed by atoms with E-state index in [9.17, 15) is 18.0 Å². The van der Waals surface area contributed by atoms with Crippen molar-refractivity contribution in [1.29, 1.82) is 0 Å². The number of benzene rings is 1. The molecule has 1 N–H and O–H groups in total. The second-order valence-electron chi connectivity index (χ2n) is 6.18. The number of halogens is 3. The van der Waals surface area contributed by atoms with Crippen molar-refractivity contribution in [3.05, 3.63) is 35.9 Å². The summed E-state index contributed by atoms with van der Waals surface area (Å²) in [5, 5.41) is 2.70. The van der Waals surface area contributed by atoms with E-state index in [1.807, 2.05) is 42.2 Å². The Hall–Kier alpha value is -1.76. The number of alkyl halides is 3. The number of ether oxygens (including phenoxy) is 1. The van der Waals surface area contributed by atoms with Crippen LogP contribution in [-0.4, -0.2) is 42.8 Å². The zero-order chi connectivity index (χ0) is 17.6. The summed E-state index contributed by atoms with van der Waals surface area (Å²) in [5.41, 5.74) is 0.862. The molecule has 4 nitrogen and oxygen atoms in total. The molecule has 0 bridgehead atoms. The Morgan fingerprint density at radius 2 is 2.00 bits per heavy atom. The van der Waals surface area contributed by atoms with Crippen LogP contribution >= 0.6 is 0 Å². The number of hydrogen-bond acceptors (Lipinski definition) is 3. The molecular weight excluding hydrogens is 321 g/mol. The maximum atomic E-state index is 12.6. The van der Waals surface area contributed by atoms with Gasteiger partial charge in [0.2, 0.25) is 0 Å². The first-order chi connectivity index (χ1) is 11.4. The first kappa shape index (κ1) is 18.6. The van der Waals surface area contributed by atoms with Gasteiger partial charge in [0.05, 0.1) is 0 Å². The molecule has 1 amide bonds. The van der Waals surface area contributed by atoms with Crippen molar-refractivity contribution in [2.45, 2.75) is 38.6 Å². The van der Waals surface area contributed by atoms with Crippen LogP contribution in [0.1, 0.15) is 25.3 Å². The molecule has 1 aromatic carbocycles.